The van der Waals surface area contributed by atoms with Gasteiger partial charge in [0.1, 0.15) is 5.82 Å². The number of fused-ring (bicyclic) bond motifs is 1. The van der Waals surface area contributed by atoms with Gasteiger partial charge in [-0.25, -0.2) is 9.37 Å². The third kappa shape index (κ3) is 4.21. The van der Waals surface area contributed by atoms with Crippen LogP contribution in [0.25, 0.3) is 22.2 Å². The minimum absolute atomic E-state index is 0.235. The van der Waals surface area contributed by atoms with Gasteiger partial charge in [0.05, 0.1) is 17.8 Å². The number of aryl methyl sites for hydroxylation is 1. The summed E-state index contributed by atoms with van der Waals surface area (Å²) in [4.78, 5) is 4.85. The van der Waals surface area contributed by atoms with E-state index in [9.17, 15) is 4.39 Å². The zero-order chi connectivity index (χ0) is 17.8. The molecule has 1 aromatic heterocycles. The van der Waals surface area contributed by atoms with Gasteiger partial charge in [-0.15, -0.1) is 0 Å². The second kappa shape index (κ2) is 7.72. The molecule has 25 heavy (non-hydrogen) atoms. The predicted octanol–water partition coefficient (Wildman–Crippen LogP) is 4.47. The van der Waals surface area contributed by atoms with Crippen LogP contribution in [0.1, 0.15) is 18.1 Å². The number of halogens is 1. The predicted molar refractivity (Wildman–Crippen MR) is 100 cm³/mol. The van der Waals surface area contributed by atoms with Crippen molar-refractivity contribution in [1.29, 1.82) is 0 Å². The van der Waals surface area contributed by atoms with Crippen LogP contribution in [0.4, 0.5) is 4.39 Å². The summed E-state index contributed by atoms with van der Waals surface area (Å²) in [5.41, 5.74) is 5.04. The SMILES string of the molecule is COCC(C)NCc1cc2cc(C)ccc2nc1-c1ccc(F)cc1. The topological polar surface area (TPSA) is 34.1 Å². The van der Waals surface area contributed by atoms with Gasteiger partial charge in [0.25, 0.3) is 0 Å². The molecule has 1 heterocycles. The molecule has 0 spiro atoms. The van der Waals surface area contributed by atoms with E-state index in [1.165, 1.54) is 17.7 Å². The Morgan fingerprint density at radius 1 is 1.12 bits per heavy atom. The van der Waals surface area contributed by atoms with E-state index in [2.05, 4.69) is 37.4 Å². The van der Waals surface area contributed by atoms with Crippen molar-refractivity contribution in [3.63, 3.8) is 0 Å². The second-order valence-corrected chi connectivity index (χ2v) is 6.44. The van der Waals surface area contributed by atoms with E-state index in [0.717, 1.165) is 27.7 Å². The molecule has 1 unspecified atom stereocenters. The number of hydrogen-bond acceptors (Lipinski definition) is 3. The third-order valence-corrected chi connectivity index (χ3v) is 4.22. The Bertz CT molecular complexity index is 862. The number of nitrogens with one attached hydrogen (secondary N) is 1. The van der Waals surface area contributed by atoms with Crippen molar-refractivity contribution >= 4 is 10.9 Å². The first-order chi connectivity index (χ1) is 12.1. The minimum atomic E-state index is -0.242. The van der Waals surface area contributed by atoms with Crippen molar-refractivity contribution in [2.75, 3.05) is 13.7 Å². The molecule has 0 radical (unpaired) electrons. The van der Waals surface area contributed by atoms with Crippen molar-refractivity contribution in [3.05, 3.63) is 65.5 Å². The number of benzene rings is 2. The number of hydrogen-bond donors (Lipinski definition) is 1. The van der Waals surface area contributed by atoms with Gasteiger partial charge in [-0.3, -0.25) is 0 Å². The van der Waals surface area contributed by atoms with E-state index < -0.39 is 0 Å². The summed E-state index contributed by atoms with van der Waals surface area (Å²) in [5, 5.41) is 4.57. The van der Waals surface area contributed by atoms with Crippen LogP contribution >= 0.6 is 0 Å². The van der Waals surface area contributed by atoms with E-state index in [0.29, 0.717) is 13.2 Å². The number of aromatic nitrogens is 1. The quantitative estimate of drug-likeness (QED) is 0.720. The third-order valence-electron chi connectivity index (χ3n) is 4.22. The molecule has 130 valence electrons. The molecule has 1 N–H and O–H groups in total. The zero-order valence-corrected chi connectivity index (χ0v) is 14.8. The van der Waals surface area contributed by atoms with Crippen LogP contribution in [0, 0.1) is 12.7 Å². The summed E-state index contributed by atoms with van der Waals surface area (Å²) in [6, 6.07) is 15.1. The van der Waals surface area contributed by atoms with Crippen LogP contribution in [0.5, 0.6) is 0 Å². The summed E-state index contributed by atoms with van der Waals surface area (Å²) in [6.07, 6.45) is 0. The van der Waals surface area contributed by atoms with Crippen molar-refractivity contribution in [1.82, 2.24) is 10.3 Å². The normalized spacial score (nSPS) is 12.5. The first kappa shape index (κ1) is 17.5. The summed E-state index contributed by atoms with van der Waals surface area (Å²) in [5.74, 6) is -0.242. The molecule has 0 aliphatic heterocycles. The molecule has 0 amide bonds. The van der Waals surface area contributed by atoms with Crippen molar-refractivity contribution in [3.8, 4) is 11.3 Å². The first-order valence-corrected chi connectivity index (χ1v) is 8.45. The van der Waals surface area contributed by atoms with Gasteiger partial charge in [-0.2, -0.15) is 0 Å². The van der Waals surface area contributed by atoms with Gasteiger partial charge in [0.2, 0.25) is 0 Å². The lowest BCUT2D eigenvalue weighted by molar-refractivity contribution is 0.171. The highest BCUT2D eigenvalue weighted by atomic mass is 19.1. The highest BCUT2D eigenvalue weighted by molar-refractivity contribution is 5.84. The largest absolute Gasteiger partial charge is 0.383 e. The highest BCUT2D eigenvalue weighted by Gasteiger charge is 2.11. The first-order valence-electron chi connectivity index (χ1n) is 8.45. The Balaban J connectivity index is 2.03. The fourth-order valence-electron chi connectivity index (χ4n) is 2.93. The molecule has 3 rings (SSSR count). The van der Waals surface area contributed by atoms with Gasteiger partial charge in [-0.1, -0.05) is 11.6 Å². The summed E-state index contributed by atoms with van der Waals surface area (Å²) in [7, 11) is 1.70. The molecular weight excluding hydrogens is 315 g/mol. The monoisotopic (exact) mass is 338 g/mol. The van der Waals surface area contributed by atoms with Crippen molar-refractivity contribution in [2.45, 2.75) is 26.4 Å². The molecule has 0 saturated heterocycles. The van der Waals surface area contributed by atoms with Crippen LogP contribution < -0.4 is 5.32 Å². The van der Waals surface area contributed by atoms with Gasteiger partial charge in [0.15, 0.2) is 0 Å². The van der Waals surface area contributed by atoms with Crippen LogP contribution in [0.2, 0.25) is 0 Å². The number of nitrogens with zero attached hydrogens (tertiary/aromatic N) is 1. The number of ether oxygens (including phenoxy) is 1. The van der Waals surface area contributed by atoms with E-state index in [-0.39, 0.29) is 11.9 Å². The lowest BCUT2D eigenvalue weighted by Gasteiger charge is -2.16. The average Bonchev–Trinajstić information content (AvgIpc) is 2.60. The maximum atomic E-state index is 13.3. The number of rotatable bonds is 6. The average molecular weight is 338 g/mol. The van der Waals surface area contributed by atoms with Gasteiger partial charge in [-0.05, 0) is 61.9 Å². The van der Waals surface area contributed by atoms with Crippen LogP contribution in [-0.2, 0) is 11.3 Å². The van der Waals surface area contributed by atoms with E-state index in [4.69, 9.17) is 9.72 Å². The Kier molecular flexibility index (Phi) is 5.41. The van der Waals surface area contributed by atoms with Gasteiger partial charge >= 0.3 is 0 Å². The van der Waals surface area contributed by atoms with Crippen molar-refractivity contribution in [2.24, 2.45) is 0 Å². The summed E-state index contributed by atoms with van der Waals surface area (Å²) < 4.78 is 18.5. The number of methoxy groups -OCH3 is 1. The Hall–Kier alpha value is -2.30. The number of pyridine rings is 1. The lowest BCUT2D eigenvalue weighted by atomic mass is 10.0. The highest BCUT2D eigenvalue weighted by Crippen LogP contribution is 2.26. The fraction of sp³-hybridized carbons (Fsp3) is 0.286. The summed E-state index contributed by atoms with van der Waals surface area (Å²) >= 11 is 0. The molecule has 0 saturated carbocycles. The molecule has 3 aromatic rings. The van der Waals surface area contributed by atoms with E-state index in [1.807, 2.05) is 6.07 Å². The van der Waals surface area contributed by atoms with Crippen LogP contribution in [0.15, 0.2) is 48.5 Å². The Labute approximate surface area is 147 Å². The fourth-order valence-corrected chi connectivity index (χ4v) is 2.93. The zero-order valence-electron chi connectivity index (χ0n) is 14.8. The van der Waals surface area contributed by atoms with E-state index >= 15 is 0 Å². The van der Waals surface area contributed by atoms with Gasteiger partial charge in [0, 0.05) is 30.6 Å². The molecule has 3 nitrogen and oxygen atoms in total. The standard InChI is InChI=1S/C21H23FN2O/c1-14-4-9-20-17(10-14)11-18(12-23-15(2)13-25-3)21(24-20)16-5-7-19(22)8-6-16/h4-11,15,23H,12-13H2,1-3H3. The molecular formula is C21H23FN2O. The Morgan fingerprint density at radius 3 is 2.60 bits per heavy atom. The van der Waals surface area contributed by atoms with Gasteiger partial charge < -0.3 is 10.1 Å². The smallest absolute Gasteiger partial charge is 0.123 e. The molecule has 0 bridgehead atoms. The minimum Gasteiger partial charge on any atom is -0.383 e. The van der Waals surface area contributed by atoms with Crippen LogP contribution in [-0.4, -0.2) is 24.7 Å². The van der Waals surface area contributed by atoms with Crippen molar-refractivity contribution < 1.29 is 9.13 Å². The molecule has 0 aliphatic rings. The lowest BCUT2D eigenvalue weighted by Crippen LogP contribution is -2.29. The van der Waals surface area contributed by atoms with E-state index in [1.54, 1.807) is 19.2 Å². The molecule has 2 aromatic carbocycles. The van der Waals surface area contributed by atoms with Crippen LogP contribution in [0.3, 0.4) is 0 Å². The maximum absolute atomic E-state index is 13.3. The summed E-state index contributed by atoms with van der Waals surface area (Å²) in [6.45, 7) is 5.48. The molecule has 1 atom stereocenters. The maximum Gasteiger partial charge on any atom is 0.123 e. The molecule has 0 fully saturated rings. The molecule has 4 heteroatoms. The second-order valence-electron chi connectivity index (χ2n) is 6.44. The Morgan fingerprint density at radius 2 is 1.88 bits per heavy atom. The molecule has 0 aliphatic carbocycles.